The van der Waals surface area contributed by atoms with Gasteiger partial charge in [0.15, 0.2) is 6.73 Å². The van der Waals surface area contributed by atoms with Gasteiger partial charge in [-0.1, -0.05) is 42.0 Å². The summed E-state index contributed by atoms with van der Waals surface area (Å²) in [6.45, 7) is 5.07. The van der Waals surface area contributed by atoms with Crippen LogP contribution < -0.4 is 21.1 Å². The summed E-state index contributed by atoms with van der Waals surface area (Å²) in [5.41, 5.74) is 9.89. The minimum absolute atomic E-state index is 0.124. The van der Waals surface area contributed by atoms with Crippen molar-refractivity contribution in [3.63, 3.8) is 0 Å². The van der Waals surface area contributed by atoms with Crippen LogP contribution in [0.25, 0.3) is 0 Å². The Hall–Kier alpha value is -2.53. The summed E-state index contributed by atoms with van der Waals surface area (Å²) in [7, 11) is 0. The van der Waals surface area contributed by atoms with Gasteiger partial charge in [0.2, 0.25) is 0 Å². The van der Waals surface area contributed by atoms with Gasteiger partial charge in [-0.25, -0.2) is 4.79 Å². The highest BCUT2D eigenvalue weighted by Crippen LogP contribution is 2.18. The molecule has 2 amide bonds. The number of nitrogens with two attached hydrogens (primary N) is 1. The number of carbonyl (C=O) groups is 1. The molecule has 5 nitrogen and oxygen atoms in total. The number of carbonyl (C=O) groups excluding carboxylic acids is 1. The molecule has 4 N–H and O–H groups in total. The maximum atomic E-state index is 11.8. The second kappa shape index (κ2) is 8.19. The highest BCUT2D eigenvalue weighted by molar-refractivity contribution is 5.73. The van der Waals surface area contributed by atoms with E-state index in [4.69, 9.17) is 10.5 Å². The Kier molecular flexibility index (Phi) is 6.00. The molecule has 2 aromatic carbocycles. The largest absolute Gasteiger partial charge is 0.473 e. The SMILES string of the molecule is Cc1ccc(OCNC(=O)NCc2cccc(CN)c2)c(C)c1. The van der Waals surface area contributed by atoms with Gasteiger partial charge in [0.05, 0.1) is 0 Å². The third-order valence-electron chi connectivity index (χ3n) is 3.47. The van der Waals surface area contributed by atoms with E-state index in [0.717, 1.165) is 22.4 Å². The standard InChI is InChI=1S/C18H23N3O2/c1-13-6-7-17(14(2)8-13)23-12-21-18(22)20-11-16-5-3-4-15(9-16)10-19/h3-9H,10-12,19H2,1-2H3,(H2,20,21,22). The molecule has 0 saturated carbocycles. The minimum Gasteiger partial charge on any atom is -0.473 e. The van der Waals surface area contributed by atoms with Crippen molar-refractivity contribution in [2.75, 3.05) is 6.73 Å². The van der Waals surface area contributed by atoms with Gasteiger partial charge in [-0.15, -0.1) is 0 Å². The quantitative estimate of drug-likeness (QED) is 0.717. The number of aryl methyl sites for hydroxylation is 2. The molecule has 122 valence electrons. The fourth-order valence-corrected chi connectivity index (χ4v) is 2.25. The number of nitrogens with one attached hydrogen (secondary N) is 2. The molecule has 0 aromatic heterocycles. The molecule has 0 aliphatic rings. The third-order valence-corrected chi connectivity index (χ3v) is 3.47. The van der Waals surface area contributed by atoms with Crippen LogP contribution in [0.1, 0.15) is 22.3 Å². The summed E-state index contributed by atoms with van der Waals surface area (Å²) in [4.78, 5) is 11.8. The number of benzene rings is 2. The summed E-state index contributed by atoms with van der Waals surface area (Å²) < 4.78 is 5.56. The lowest BCUT2D eigenvalue weighted by Crippen LogP contribution is -2.37. The first-order valence-electron chi connectivity index (χ1n) is 7.58. The second-order valence-corrected chi connectivity index (χ2v) is 5.44. The molecule has 0 atom stereocenters. The predicted molar refractivity (Wildman–Crippen MR) is 91.1 cm³/mol. The van der Waals surface area contributed by atoms with Crippen LogP contribution in [0.2, 0.25) is 0 Å². The number of urea groups is 1. The average molecular weight is 313 g/mol. The van der Waals surface area contributed by atoms with Crippen LogP contribution in [0.4, 0.5) is 4.79 Å². The van der Waals surface area contributed by atoms with Gasteiger partial charge in [0, 0.05) is 13.1 Å². The first-order valence-corrected chi connectivity index (χ1v) is 7.58. The van der Waals surface area contributed by atoms with Crippen LogP contribution >= 0.6 is 0 Å². The molecule has 23 heavy (non-hydrogen) atoms. The van der Waals surface area contributed by atoms with Crippen molar-refractivity contribution in [3.05, 3.63) is 64.7 Å². The normalized spacial score (nSPS) is 10.2. The maximum absolute atomic E-state index is 11.8. The summed E-state index contributed by atoms with van der Waals surface area (Å²) in [6.07, 6.45) is 0. The molecule has 0 bridgehead atoms. The molecule has 5 heteroatoms. The molecular formula is C18H23N3O2. The van der Waals surface area contributed by atoms with Crippen LogP contribution in [-0.4, -0.2) is 12.8 Å². The van der Waals surface area contributed by atoms with Crippen molar-refractivity contribution in [2.24, 2.45) is 5.73 Å². The van der Waals surface area contributed by atoms with Crippen molar-refractivity contribution in [3.8, 4) is 5.75 Å². The van der Waals surface area contributed by atoms with E-state index < -0.39 is 0 Å². The molecule has 0 spiro atoms. The molecule has 0 saturated heterocycles. The van der Waals surface area contributed by atoms with E-state index in [1.54, 1.807) is 0 Å². The third kappa shape index (κ3) is 5.30. The molecular weight excluding hydrogens is 290 g/mol. The van der Waals surface area contributed by atoms with Crippen LogP contribution in [0.3, 0.4) is 0 Å². The van der Waals surface area contributed by atoms with Gasteiger partial charge >= 0.3 is 6.03 Å². The fraction of sp³-hybridized carbons (Fsp3) is 0.278. The Morgan fingerprint density at radius 3 is 2.61 bits per heavy atom. The summed E-state index contributed by atoms with van der Waals surface area (Å²) in [5, 5.41) is 5.46. The summed E-state index contributed by atoms with van der Waals surface area (Å²) in [5.74, 6) is 0.770. The van der Waals surface area contributed by atoms with Crippen molar-refractivity contribution >= 4 is 6.03 Å². The summed E-state index contributed by atoms with van der Waals surface area (Å²) >= 11 is 0. The fourth-order valence-electron chi connectivity index (χ4n) is 2.25. The molecule has 0 unspecified atom stereocenters. The summed E-state index contributed by atoms with van der Waals surface area (Å²) in [6, 6.07) is 13.5. The van der Waals surface area contributed by atoms with Crippen LogP contribution in [0.5, 0.6) is 5.75 Å². The van der Waals surface area contributed by atoms with Gasteiger partial charge in [-0.3, -0.25) is 0 Å². The second-order valence-electron chi connectivity index (χ2n) is 5.44. The molecule has 2 aromatic rings. The molecule has 0 heterocycles. The number of hydrogen-bond acceptors (Lipinski definition) is 3. The maximum Gasteiger partial charge on any atom is 0.317 e. The van der Waals surface area contributed by atoms with E-state index in [2.05, 4.69) is 10.6 Å². The molecule has 0 aliphatic heterocycles. The van der Waals surface area contributed by atoms with Crippen LogP contribution in [0, 0.1) is 13.8 Å². The molecule has 0 aliphatic carbocycles. The zero-order chi connectivity index (χ0) is 16.7. The smallest absolute Gasteiger partial charge is 0.317 e. The molecule has 0 fully saturated rings. The van der Waals surface area contributed by atoms with Crippen molar-refractivity contribution in [2.45, 2.75) is 26.9 Å². The van der Waals surface area contributed by atoms with Crippen molar-refractivity contribution < 1.29 is 9.53 Å². The van der Waals surface area contributed by atoms with Crippen LogP contribution in [-0.2, 0) is 13.1 Å². The lowest BCUT2D eigenvalue weighted by molar-refractivity contribution is 0.223. The van der Waals surface area contributed by atoms with E-state index in [1.807, 2.05) is 56.3 Å². The highest BCUT2D eigenvalue weighted by atomic mass is 16.5. The first kappa shape index (κ1) is 16.8. The highest BCUT2D eigenvalue weighted by Gasteiger charge is 2.03. The van der Waals surface area contributed by atoms with Crippen molar-refractivity contribution in [1.82, 2.24) is 10.6 Å². The van der Waals surface area contributed by atoms with E-state index >= 15 is 0 Å². The number of hydrogen-bond donors (Lipinski definition) is 3. The van der Waals surface area contributed by atoms with Gasteiger partial charge in [-0.2, -0.15) is 0 Å². The van der Waals surface area contributed by atoms with Crippen LogP contribution in [0.15, 0.2) is 42.5 Å². The molecule has 2 rings (SSSR count). The Labute approximate surface area is 136 Å². The van der Waals surface area contributed by atoms with E-state index in [9.17, 15) is 4.79 Å². The first-order chi connectivity index (χ1) is 11.1. The molecule has 0 radical (unpaired) electrons. The van der Waals surface area contributed by atoms with E-state index in [0.29, 0.717) is 13.1 Å². The van der Waals surface area contributed by atoms with Crippen molar-refractivity contribution in [1.29, 1.82) is 0 Å². The zero-order valence-electron chi connectivity index (χ0n) is 13.6. The number of ether oxygens (including phenoxy) is 1. The lowest BCUT2D eigenvalue weighted by Gasteiger charge is -2.12. The van der Waals surface area contributed by atoms with Gasteiger partial charge in [0.25, 0.3) is 0 Å². The van der Waals surface area contributed by atoms with Gasteiger partial charge < -0.3 is 21.1 Å². The lowest BCUT2D eigenvalue weighted by atomic mass is 10.1. The zero-order valence-corrected chi connectivity index (χ0v) is 13.6. The van der Waals surface area contributed by atoms with E-state index in [-0.39, 0.29) is 12.8 Å². The number of rotatable bonds is 6. The Balaban J connectivity index is 1.74. The Morgan fingerprint density at radius 2 is 1.87 bits per heavy atom. The average Bonchev–Trinajstić information content (AvgIpc) is 2.55. The van der Waals surface area contributed by atoms with Gasteiger partial charge in [-0.05, 0) is 36.6 Å². The predicted octanol–water partition coefficient (Wildman–Crippen LogP) is 2.60. The minimum atomic E-state index is -0.270. The monoisotopic (exact) mass is 313 g/mol. The Bertz CT molecular complexity index is 671. The van der Waals surface area contributed by atoms with E-state index in [1.165, 1.54) is 5.56 Å². The Morgan fingerprint density at radius 1 is 1.09 bits per heavy atom. The topological polar surface area (TPSA) is 76.4 Å². The van der Waals surface area contributed by atoms with Gasteiger partial charge in [0.1, 0.15) is 5.75 Å². The number of amides is 2.